The van der Waals surface area contributed by atoms with Crippen molar-refractivity contribution in [2.75, 3.05) is 6.54 Å². The van der Waals surface area contributed by atoms with Crippen molar-refractivity contribution >= 4 is 11.6 Å². The molecule has 1 saturated heterocycles. The first-order valence-electron chi connectivity index (χ1n) is 10.9. The van der Waals surface area contributed by atoms with Gasteiger partial charge in [0.1, 0.15) is 11.6 Å². The van der Waals surface area contributed by atoms with Crippen molar-refractivity contribution in [1.82, 2.24) is 4.90 Å². The highest BCUT2D eigenvalue weighted by molar-refractivity contribution is 5.88. The summed E-state index contributed by atoms with van der Waals surface area (Å²) >= 11 is 0. The normalized spacial score (nSPS) is 32.8. The van der Waals surface area contributed by atoms with Crippen LogP contribution in [0.1, 0.15) is 52.0 Å². The summed E-state index contributed by atoms with van der Waals surface area (Å²) in [6.07, 6.45) is 4.88. The molecule has 2 bridgehead atoms. The van der Waals surface area contributed by atoms with Gasteiger partial charge in [0.2, 0.25) is 5.91 Å². The molecule has 0 aromatic heterocycles. The molecule has 1 aromatic rings. The lowest BCUT2D eigenvalue weighted by Gasteiger charge is -2.45. The van der Waals surface area contributed by atoms with E-state index in [9.17, 15) is 13.6 Å². The second kappa shape index (κ2) is 7.50. The van der Waals surface area contributed by atoms with Gasteiger partial charge in [0, 0.05) is 12.6 Å². The van der Waals surface area contributed by atoms with Crippen molar-refractivity contribution in [3.8, 4) is 0 Å². The number of hydrogen-bond donors (Lipinski definition) is 0. The smallest absolute Gasteiger partial charge is 0.235 e. The van der Waals surface area contributed by atoms with Gasteiger partial charge in [-0.25, -0.2) is 8.78 Å². The van der Waals surface area contributed by atoms with E-state index in [4.69, 9.17) is 0 Å². The molecular weight excluding hydrogens is 396 g/mol. The van der Waals surface area contributed by atoms with Gasteiger partial charge in [0.15, 0.2) is 0 Å². The van der Waals surface area contributed by atoms with Gasteiger partial charge in [-0.15, -0.1) is 0 Å². The van der Waals surface area contributed by atoms with Gasteiger partial charge < -0.3 is 4.90 Å². The molecule has 2 fully saturated rings. The van der Waals surface area contributed by atoms with Crippen molar-refractivity contribution < 1.29 is 13.6 Å². The Kier molecular flexibility index (Phi) is 5.23. The largest absolute Gasteiger partial charge is 0.339 e. The fourth-order valence-corrected chi connectivity index (χ4v) is 5.86. The average molecular weight is 426 g/mol. The van der Waals surface area contributed by atoms with Crippen LogP contribution in [0.2, 0.25) is 0 Å². The monoisotopic (exact) mass is 425 g/mol. The average Bonchev–Trinajstić information content (AvgIpc) is 3.25. The number of benzene rings is 1. The standard InChI is InChI=1S/C25H29F2N3O/c1-15-14-21(22-19(26)9-6-10-20(22)27)29-28-17(3)25(12-11-18(15)24(25,4)5)23(31)30-13-7-8-16(30)2/h6,9-10,14,16,18H,1,3,7-8,11-13H2,2,4-5H3/b21-14-,29-28-. The van der Waals surface area contributed by atoms with Gasteiger partial charge in [-0.3, -0.25) is 4.79 Å². The van der Waals surface area contributed by atoms with Crippen LogP contribution in [0, 0.1) is 28.4 Å². The van der Waals surface area contributed by atoms with E-state index in [1.807, 2.05) is 4.90 Å². The molecule has 4 rings (SSSR count). The van der Waals surface area contributed by atoms with Crippen molar-refractivity contribution in [3.05, 3.63) is 65.9 Å². The fraction of sp³-hybridized carbons (Fsp3) is 0.480. The summed E-state index contributed by atoms with van der Waals surface area (Å²) in [6, 6.07) is 3.85. The van der Waals surface area contributed by atoms with E-state index >= 15 is 0 Å². The van der Waals surface area contributed by atoms with Crippen molar-refractivity contribution in [1.29, 1.82) is 0 Å². The molecule has 0 spiro atoms. The predicted octanol–water partition coefficient (Wildman–Crippen LogP) is 6.27. The lowest BCUT2D eigenvalue weighted by molar-refractivity contribution is -0.146. The predicted molar refractivity (Wildman–Crippen MR) is 117 cm³/mol. The highest BCUT2D eigenvalue weighted by atomic mass is 19.1. The number of fused-ring (bicyclic) bond motifs is 2. The molecular formula is C25H29F2N3O. The minimum atomic E-state index is -0.931. The highest BCUT2D eigenvalue weighted by Crippen LogP contribution is 2.63. The Bertz CT molecular complexity index is 1010. The van der Waals surface area contributed by atoms with Crippen LogP contribution in [0.15, 0.2) is 58.9 Å². The molecule has 1 saturated carbocycles. The zero-order valence-corrected chi connectivity index (χ0v) is 18.4. The second-order valence-electron chi connectivity index (χ2n) is 9.56. The Labute approximate surface area is 182 Å². The van der Waals surface area contributed by atoms with Crippen molar-refractivity contribution in [2.45, 2.75) is 52.5 Å². The first-order chi connectivity index (χ1) is 14.6. The van der Waals surface area contributed by atoms with Gasteiger partial charge in [-0.2, -0.15) is 10.2 Å². The minimum Gasteiger partial charge on any atom is -0.339 e. The zero-order valence-electron chi connectivity index (χ0n) is 18.4. The highest BCUT2D eigenvalue weighted by Gasteiger charge is 2.62. The zero-order chi connectivity index (χ0) is 22.6. The summed E-state index contributed by atoms with van der Waals surface area (Å²) in [5, 5.41) is 8.52. The number of amides is 1. The van der Waals surface area contributed by atoms with E-state index in [1.54, 1.807) is 6.08 Å². The molecule has 4 nitrogen and oxygen atoms in total. The number of allylic oxidation sites excluding steroid dienone is 2. The summed E-state index contributed by atoms with van der Waals surface area (Å²) in [7, 11) is 0. The number of azo groups is 1. The lowest BCUT2D eigenvalue weighted by atomic mass is 9.61. The molecule has 0 radical (unpaired) electrons. The van der Waals surface area contributed by atoms with E-state index < -0.39 is 22.5 Å². The first kappa shape index (κ1) is 21.6. The van der Waals surface area contributed by atoms with Crippen molar-refractivity contribution in [3.63, 3.8) is 0 Å². The Hall–Kier alpha value is -2.63. The molecule has 2 heterocycles. The summed E-state index contributed by atoms with van der Waals surface area (Å²) in [5.74, 6) is -1.48. The molecule has 3 aliphatic rings. The van der Waals surface area contributed by atoms with Gasteiger partial charge in [-0.05, 0) is 67.7 Å². The molecule has 3 unspecified atom stereocenters. The van der Waals surface area contributed by atoms with Crippen LogP contribution in [0.25, 0.3) is 5.70 Å². The van der Waals surface area contributed by atoms with Crippen molar-refractivity contribution in [2.24, 2.45) is 27.0 Å². The van der Waals surface area contributed by atoms with Crippen LogP contribution in [0.5, 0.6) is 0 Å². The Morgan fingerprint density at radius 1 is 1.16 bits per heavy atom. The van der Waals surface area contributed by atoms with Crippen LogP contribution >= 0.6 is 0 Å². The molecule has 1 aromatic carbocycles. The minimum absolute atomic E-state index is 0.0299. The van der Waals surface area contributed by atoms with Gasteiger partial charge in [0.05, 0.1) is 22.4 Å². The number of likely N-dealkylation sites (tertiary alicyclic amines) is 1. The summed E-state index contributed by atoms with van der Waals surface area (Å²) in [5.41, 5.74) is -0.604. The lowest BCUT2D eigenvalue weighted by Crippen LogP contribution is -2.52. The summed E-state index contributed by atoms with van der Waals surface area (Å²) in [6.45, 7) is 15.3. The van der Waals surface area contributed by atoms with E-state index in [1.165, 1.54) is 18.2 Å². The fourth-order valence-electron chi connectivity index (χ4n) is 5.86. The van der Waals surface area contributed by atoms with Crippen LogP contribution < -0.4 is 0 Å². The third-order valence-corrected chi connectivity index (χ3v) is 7.72. The molecule has 31 heavy (non-hydrogen) atoms. The van der Waals surface area contributed by atoms with Gasteiger partial charge in [0.25, 0.3) is 0 Å². The molecule has 0 N–H and O–H groups in total. The number of carbonyl (C=O) groups is 1. The molecule has 1 aliphatic carbocycles. The number of hydrogen-bond acceptors (Lipinski definition) is 3. The second-order valence-corrected chi connectivity index (χ2v) is 9.56. The number of halogens is 2. The molecule has 2 aliphatic heterocycles. The van der Waals surface area contributed by atoms with Crippen LogP contribution in [-0.4, -0.2) is 23.4 Å². The maximum absolute atomic E-state index is 14.5. The maximum atomic E-state index is 14.5. The third kappa shape index (κ3) is 3.10. The number of carbonyl (C=O) groups excluding carboxylic acids is 1. The topological polar surface area (TPSA) is 45.0 Å². The van der Waals surface area contributed by atoms with E-state index in [0.717, 1.165) is 25.8 Å². The quantitative estimate of drug-likeness (QED) is 0.550. The van der Waals surface area contributed by atoms with Gasteiger partial charge >= 0.3 is 0 Å². The molecule has 6 heteroatoms. The Morgan fingerprint density at radius 3 is 2.45 bits per heavy atom. The number of rotatable bonds is 2. The summed E-state index contributed by atoms with van der Waals surface area (Å²) in [4.78, 5) is 15.9. The van der Waals surface area contributed by atoms with E-state index in [-0.39, 0.29) is 29.1 Å². The Balaban J connectivity index is 1.85. The molecule has 164 valence electrons. The van der Waals surface area contributed by atoms with Crippen LogP contribution in [0.4, 0.5) is 8.78 Å². The van der Waals surface area contributed by atoms with E-state index in [0.29, 0.717) is 17.7 Å². The maximum Gasteiger partial charge on any atom is 0.235 e. The SMILES string of the molecule is C=C1/C=C(c2c(F)cccc2F)\N=N/C(=C)C2(C(=O)N3CCCC3C)CCC1C2(C)C. The van der Waals surface area contributed by atoms with Gasteiger partial charge in [-0.1, -0.05) is 33.1 Å². The Morgan fingerprint density at radius 2 is 1.84 bits per heavy atom. The van der Waals surface area contributed by atoms with E-state index in [2.05, 4.69) is 44.2 Å². The summed E-state index contributed by atoms with van der Waals surface area (Å²) < 4.78 is 29.0. The third-order valence-electron chi connectivity index (χ3n) is 7.72. The molecule has 1 amide bonds. The molecule has 3 atom stereocenters. The van der Waals surface area contributed by atoms with Crippen LogP contribution in [-0.2, 0) is 4.79 Å². The number of nitrogens with zero attached hydrogens (tertiary/aromatic N) is 3. The van der Waals surface area contributed by atoms with Crippen LogP contribution in [0.3, 0.4) is 0 Å². The first-order valence-corrected chi connectivity index (χ1v) is 10.9.